The highest BCUT2D eigenvalue weighted by Gasteiger charge is 2.30. The van der Waals surface area contributed by atoms with Gasteiger partial charge in [0.1, 0.15) is 6.04 Å². The van der Waals surface area contributed by atoms with Gasteiger partial charge < -0.3 is 10.2 Å². The van der Waals surface area contributed by atoms with Gasteiger partial charge in [0.15, 0.2) is 0 Å². The second-order valence-corrected chi connectivity index (χ2v) is 10.0. The third-order valence-corrected chi connectivity index (χ3v) is 6.49. The average Bonchev–Trinajstić information content (AvgIpc) is 2.89. The van der Waals surface area contributed by atoms with E-state index in [0.717, 1.165) is 23.1 Å². The lowest BCUT2D eigenvalue weighted by molar-refractivity contribution is -0.141. The summed E-state index contributed by atoms with van der Waals surface area (Å²) in [5, 5.41) is 3.09. The molecule has 36 heavy (non-hydrogen) atoms. The van der Waals surface area contributed by atoms with Gasteiger partial charge in [0.2, 0.25) is 11.8 Å². The molecule has 0 saturated carbocycles. The molecule has 1 unspecified atom stereocenters. The molecule has 4 heteroatoms. The summed E-state index contributed by atoms with van der Waals surface area (Å²) in [6, 6.07) is 26.0. The highest BCUT2D eigenvalue weighted by molar-refractivity contribution is 5.88. The number of amides is 2. The van der Waals surface area contributed by atoms with E-state index in [9.17, 15) is 9.59 Å². The number of hydrogen-bond acceptors (Lipinski definition) is 2. The number of aryl methyl sites for hydroxylation is 3. The Bertz CT molecular complexity index is 1090. The lowest BCUT2D eigenvalue weighted by Gasteiger charge is -2.32. The maximum Gasteiger partial charge on any atom is 0.243 e. The smallest absolute Gasteiger partial charge is 0.243 e. The molecular weight excluding hydrogens is 444 g/mol. The van der Waals surface area contributed by atoms with Crippen LogP contribution in [0, 0.1) is 12.8 Å². The van der Waals surface area contributed by atoms with Crippen molar-refractivity contribution in [1.82, 2.24) is 10.2 Å². The van der Waals surface area contributed by atoms with Crippen molar-refractivity contribution in [2.45, 2.75) is 66.0 Å². The molecule has 0 radical (unpaired) electrons. The van der Waals surface area contributed by atoms with Crippen molar-refractivity contribution in [2.75, 3.05) is 6.54 Å². The summed E-state index contributed by atoms with van der Waals surface area (Å²) in [4.78, 5) is 29.0. The number of hydrogen-bond donors (Lipinski definition) is 1. The Labute approximate surface area is 216 Å². The van der Waals surface area contributed by atoms with Crippen LogP contribution in [0.1, 0.15) is 55.0 Å². The van der Waals surface area contributed by atoms with Crippen molar-refractivity contribution in [2.24, 2.45) is 5.92 Å². The van der Waals surface area contributed by atoms with E-state index in [0.29, 0.717) is 38.3 Å². The van der Waals surface area contributed by atoms with Gasteiger partial charge in [0.05, 0.1) is 0 Å². The Morgan fingerprint density at radius 2 is 1.42 bits per heavy atom. The molecule has 1 atom stereocenters. The topological polar surface area (TPSA) is 49.4 Å². The van der Waals surface area contributed by atoms with E-state index in [1.54, 1.807) is 4.90 Å². The van der Waals surface area contributed by atoms with E-state index in [1.807, 2.05) is 49.4 Å². The Hall–Kier alpha value is -3.40. The zero-order valence-corrected chi connectivity index (χ0v) is 22.2. The van der Waals surface area contributed by atoms with Gasteiger partial charge in [-0.05, 0) is 47.9 Å². The molecule has 0 aromatic heterocycles. The summed E-state index contributed by atoms with van der Waals surface area (Å²) in [6.45, 7) is 9.32. The van der Waals surface area contributed by atoms with Crippen LogP contribution < -0.4 is 5.32 Å². The highest BCUT2D eigenvalue weighted by atomic mass is 16.2. The van der Waals surface area contributed by atoms with Crippen LogP contribution >= 0.6 is 0 Å². The van der Waals surface area contributed by atoms with Crippen molar-refractivity contribution in [3.8, 4) is 0 Å². The number of carbonyl (C=O) groups is 2. The Kier molecular flexibility index (Phi) is 10.3. The summed E-state index contributed by atoms with van der Waals surface area (Å²) < 4.78 is 0. The molecule has 1 N–H and O–H groups in total. The maximum absolute atomic E-state index is 13.7. The van der Waals surface area contributed by atoms with Gasteiger partial charge in [0.25, 0.3) is 0 Å². The third kappa shape index (κ3) is 8.37. The van der Waals surface area contributed by atoms with Crippen LogP contribution in [0.4, 0.5) is 0 Å². The van der Waals surface area contributed by atoms with Gasteiger partial charge in [-0.15, -0.1) is 0 Å². The quantitative estimate of drug-likeness (QED) is 0.348. The fraction of sp³-hybridized carbons (Fsp3) is 0.375. The molecule has 0 aliphatic carbocycles. The van der Waals surface area contributed by atoms with Gasteiger partial charge in [-0.1, -0.05) is 105 Å². The fourth-order valence-electron chi connectivity index (χ4n) is 4.20. The monoisotopic (exact) mass is 484 g/mol. The van der Waals surface area contributed by atoms with Crippen LogP contribution in [-0.2, 0) is 35.4 Å². The van der Waals surface area contributed by atoms with Crippen molar-refractivity contribution in [1.29, 1.82) is 0 Å². The van der Waals surface area contributed by atoms with Crippen molar-refractivity contribution >= 4 is 11.8 Å². The second kappa shape index (κ2) is 13.6. The third-order valence-electron chi connectivity index (χ3n) is 6.49. The molecule has 0 heterocycles. The predicted octanol–water partition coefficient (Wildman–Crippen LogP) is 5.90. The number of carbonyl (C=O) groups excluding carboxylic acids is 2. The van der Waals surface area contributed by atoms with Crippen molar-refractivity contribution in [3.63, 3.8) is 0 Å². The minimum Gasteiger partial charge on any atom is -0.354 e. The second-order valence-electron chi connectivity index (χ2n) is 10.0. The lowest BCUT2D eigenvalue weighted by Crippen LogP contribution is -2.51. The number of nitrogens with one attached hydrogen (secondary N) is 1. The minimum absolute atomic E-state index is 0.00392. The summed E-state index contributed by atoms with van der Waals surface area (Å²) in [7, 11) is 0. The minimum atomic E-state index is -0.581. The molecule has 0 saturated heterocycles. The molecule has 0 aliphatic rings. The first-order valence-electron chi connectivity index (χ1n) is 13.1. The summed E-state index contributed by atoms with van der Waals surface area (Å²) in [5.41, 5.74) is 5.66. The van der Waals surface area contributed by atoms with E-state index in [4.69, 9.17) is 0 Å². The molecule has 190 valence electrons. The standard InChI is InChI=1S/C32H40N2O2/c1-5-26-15-17-27(18-16-26)19-20-31(35)34(23-29-13-11-25(4)12-14-29)30(32(36)33-22-24(2)3)21-28-9-7-6-8-10-28/h6-18,24,30H,5,19-23H2,1-4H3,(H,33,36). The van der Waals surface area contributed by atoms with Crippen LogP contribution in [0.15, 0.2) is 78.9 Å². The number of nitrogens with zero attached hydrogens (tertiary/aromatic N) is 1. The summed E-state index contributed by atoms with van der Waals surface area (Å²) >= 11 is 0. The molecular formula is C32H40N2O2. The van der Waals surface area contributed by atoms with E-state index in [2.05, 4.69) is 62.5 Å². The first kappa shape index (κ1) is 27.2. The molecule has 3 aromatic carbocycles. The number of rotatable bonds is 12. The van der Waals surface area contributed by atoms with Crippen LogP contribution in [0.25, 0.3) is 0 Å². The maximum atomic E-state index is 13.7. The zero-order chi connectivity index (χ0) is 25.9. The lowest BCUT2D eigenvalue weighted by atomic mass is 10.0. The van der Waals surface area contributed by atoms with E-state index in [-0.39, 0.29) is 11.8 Å². The van der Waals surface area contributed by atoms with Crippen LogP contribution in [0.3, 0.4) is 0 Å². The van der Waals surface area contributed by atoms with Crippen molar-refractivity contribution < 1.29 is 9.59 Å². The van der Waals surface area contributed by atoms with Gasteiger partial charge in [-0.25, -0.2) is 0 Å². The van der Waals surface area contributed by atoms with Crippen LogP contribution in [-0.4, -0.2) is 29.3 Å². The molecule has 3 rings (SSSR count). The van der Waals surface area contributed by atoms with Crippen LogP contribution in [0.2, 0.25) is 0 Å². The van der Waals surface area contributed by atoms with Gasteiger partial charge in [-0.3, -0.25) is 9.59 Å². The Balaban J connectivity index is 1.87. The molecule has 2 amide bonds. The SMILES string of the molecule is CCc1ccc(CCC(=O)N(Cc2ccc(C)cc2)C(Cc2ccccc2)C(=O)NCC(C)C)cc1. The molecule has 4 nitrogen and oxygen atoms in total. The Morgan fingerprint density at radius 1 is 0.806 bits per heavy atom. The largest absolute Gasteiger partial charge is 0.354 e. The average molecular weight is 485 g/mol. The predicted molar refractivity (Wildman–Crippen MR) is 148 cm³/mol. The van der Waals surface area contributed by atoms with E-state index in [1.165, 1.54) is 11.1 Å². The number of benzene rings is 3. The molecule has 0 spiro atoms. The summed E-state index contributed by atoms with van der Waals surface area (Å²) in [6.07, 6.45) is 2.49. The zero-order valence-electron chi connectivity index (χ0n) is 22.2. The molecule has 0 fully saturated rings. The normalized spacial score (nSPS) is 11.8. The fourth-order valence-corrected chi connectivity index (χ4v) is 4.20. The first-order chi connectivity index (χ1) is 17.4. The first-order valence-corrected chi connectivity index (χ1v) is 13.1. The highest BCUT2D eigenvalue weighted by Crippen LogP contribution is 2.18. The molecule has 0 aliphatic heterocycles. The van der Waals surface area contributed by atoms with Crippen molar-refractivity contribution in [3.05, 3.63) is 107 Å². The van der Waals surface area contributed by atoms with Gasteiger partial charge in [-0.2, -0.15) is 0 Å². The van der Waals surface area contributed by atoms with Crippen LogP contribution in [0.5, 0.6) is 0 Å². The molecule has 0 bridgehead atoms. The van der Waals surface area contributed by atoms with E-state index >= 15 is 0 Å². The Morgan fingerprint density at radius 3 is 2.03 bits per heavy atom. The van der Waals surface area contributed by atoms with Gasteiger partial charge >= 0.3 is 0 Å². The van der Waals surface area contributed by atoms with E-state index < -0.39 is 6.04 Å². The molecule has 3 aromatic rings. The summed E-state index contributed by atoms with van der Waals surface area (Å²) in [5.74, 6) is 0.231. The van der Waals surface area contributed by atoms with Gasteiger partial charge in [0, 0.05) is 25.9 Å².